The zero-order valence-electron chi connectivity index (χ0n) is 13.5. The number of ether oxygens (including phenoxy) is 2. The van der Waals surface area contributed by atoms with Crippen molar-refractivity contribution in [2.75, 3.05) is 33.4 Å². The van der Waals surface area contributed by atoms with Gasteiger partial charge in [-0.05, 0) is 31.4 Å². The van der Waals surface area contributed by atoms with Crippen LogP contribution in [0, 0.1) is 6.92 Å². The van der Waals surface area contributed by atoms with Gasteiger partial charge in [-0.15, -0.1) is 0 Å². The molecule has 0 saturated carbocycles. The highest BCUT2D eigenvalue weighted by Crippen LogP contribution is 2.07. The molecule has 1 aliphatic rings. The second kappa shape index (κ2) is 9.38. The molecule has 0 spiro atoms. The van der Waals surface area contributed by atoms with E-state index in [-0.39, 0.29) is 6.10 Å². The van der Waals surface area contributed by atoms with Gasteiger partial charge in [0.25, 0.3) is 0 Å². The van der Waals surface area contributed by atoms with Crippen molar-refractivity contribution in [3.05, 3.63) is 29.6 Å². The molecule has 1 aliphatic heterocycles. The minimum Gasteiger partial charge on any atom is -0.379 e. The van der Waals surface area contributed by atoms with E-state index in [4.69, 9.17) is 9.47 Å². The van der Waals surface area contributed by atoms with Crippen molar-refractivity contribution in [2.24, 2.45) is 4.99 Å². The van der Waals surface area contributed by atoms with Crippen molar-refractivity contribution < 1.29 is 9.47 Å². The summed E-state index contributed by atoms with van der Waals surface area (Å²) in [4.78, 5) is 8.57. The average molecular weight is 306 g/mol. The summed E-state index contributed by atoms with van der Waals surface area (Å²) in [6, 6.07) is 4.01. The summed E-state index contributed by atoms with van der Waals surface area (Å²) in [6.45, 7) is 5.87. The Labute approximate surface area is 132 Å². The van der Waals surface area contributed by atoms with E-state index < -0.39 is 0 Å². The summed E-state index contributed by atoms with van der Waals surface area (Å²) in [5.41, 5.74) is 2.22. The van der Waals surface area contributed by atoms with Gasteiger partial charge >= 0.3 is 0 Å². The highest BCUT2D eigenvalue weighted by molar-refractivity contribution is 5.79. The Morgan fingerprint density at radius 1 is 1.50 bits per heavy atom. The molecule has 0 radical (unpaired) electrons. The molecule has 22 heavy (non-hydrogen) atoms. The van der Waals surface area contributed by atoms with E-state index in [1.165, 1.54) is 5.56 Å². The first-order valence-corrected chi connectivity index (χ1v) is 7.84. The molecule has 1 unspecified atom stereocenters. The van der Waals surface area contributed by atoms with Crippen LogP contribution in [0.3, 0.4) is 0 Å². The van der Waals surface area contributed by atoms with E-state index in [0.717, 1.165) is 50.9 Å². The molecule has 0 amide bonds. The SMILES string of the molecule is CN=C(NCCCOC1CCOC1)NCc1ncccc1C. The van der Waals surface area contributed by atoms with Crippen LogP contribution in [0.1, 0.15) is 24.1 Å². The minimum atomic E-state index is 0.282. The zero-order valence-corrected chi connectivity index (χ0v) is 13.5. The predicted octanol–water partition coefficient (Wildman–Crippen LogP) is 1.25. The fraction of sp³-hybridized carbons (Fsp3) is 0.625. The number of pyridine rings is 1. The van der Waals surface area contributed by atoms with Crippen LogP contribution in [-0.2, 0) is 16.0 Å². The minimum absolute atomic E-state index is 0.282. The third kappa shape index (κ3) is 5.61. The summed E-state index contributed by atoms with van der Waals surface area (Å²) in [5.74, 6) is 0.786. The molecule has 1 atom stereocenters. The molecule has 1 saturated heterocycles. The van der Waals surface area contributed by atoms with Gasteiger partial charge in [-0.25, -0.2) is 0 Å². The third-order valence-corrected chi connectivity index (χ3v) is 3.62. The van der Waals surface area contributed by atoms with Gasteiger partial charge in [0.15, 0.2) is 5.96 Å². The molecule has 6 heteroatoms. The molecule has 2 heterocycles. The van der Waals surface area contributed by atoms with Gasteiger partial charge in [0.2, 0.25) is 0 Å². The Morgan fingerprint density at radius 2 is 2.41 bits per heavy atom. The first-order valence-electron chi connectivity index (χ1n) is 7.84. The molecule has 122 valence electrons. The summed E-state index contributed by atoms with van der Waals surface area (Å²) in [7, 11) is 1.77. The number of aromatic nitrogens is 1. The van der Waals surface area contributed by atoms with Crippen molar-refractivity contribution in [1.82, 2.24) is 15.6 Å². The fourth-order valence-corrected chi connectivity index (χ4v) is 2.26. The lowest BCUT2D eigenvalue weighted by Gasteiger charge is -2.13. The van der Waals surface area contributed by atoms with E-state index in [2.05, 4.69) is 33.6 Å². The number of rotatable bonds is 7. The van der Waals surface area contributed by atoms with E-state index in [0.29, 0.717) is 6.54 Å². The second-order valence-electron chi connectivity index (χ2n) is 5.33. The van der Waals surface area contributed by atoms with E-state index in [9.17, 15) is 0 Å². The molecule has 0 aromatic carbocycles. The smallest absolute Gasteiger partial charge is 0.191 e. The second-order valence-corrected chi connectivity index (χ2v) is 5.33. The normalized spacial score (nSPS) is 18.5. The zero-order chi connectivity index (χ0) is 15.6. The number of hydrogen-bond acceptors (Lipinski definition) is 4. The Kier molecular flexibility index (Phi) is 7.12. The number of guanidine groups is 1. The number of nitrogens with zero attached hydrogens (tertiary/aromatic N) is 2. The highest BCUT2D eigenvalue weighted by atomic mass is 16.5. The molecule has 2 N–H and O–H groups in total. The molecule has 0 bridgehead atoms. The largest absolute Gasteiger partial charge is 0.379 e. The van der Waals surface area contributed by atoms with E-state index in [1.54, 1.807) is 7.05 Å². The van der Waals surface area contributed by atoms with Crippen LogP contribution in [0.4, 0.5) is 0 Å². The van der Waals surface area contributed by atoms with Crippen molar-refractivity contribution in [3.63, 3.8) is 0 Å². The standard InChI is InChI=1S/C16H26N4O2/c1-13-5-3-7-18-15(13)11-20-16(17-2)19-8-4-9-22-14-6-10-21-12-14/h3,5,7,14H,4,6,8-12H2,1-2H3,(H2,17,19,20). The average Bonchev–Trinajstić information content (AvgIpc) is 3.05. The van der Waals surface area contributed by atoms with Gasteiger partial charge in [0.1, 0.15) is 0 Å². The molecular formula is C16H26N4O2. The van der Waals surface area contributed by atoms with Gasteiger partial charge < -0.3 is 20.1 Å². The lowest BCUT2D eigenvalue weighted by Crippen LogP contribution is -2.38. The first-order chi connectivity index (χ1) is 10.8. The Bertz CT molecular complexity index is 473. The monoisotopic (exact) mass is 306 g/mol. The number of nitrogens with one attached hydrogen (secondary N) is 2. The van der Waals surface area contributed by atoms with E-state index in [1.807, 2.05) is 12.3 Å². The van der Waals surface area contributed by atoms with Crippen LogP contribution >= 0.6 is 0 Å². The van der Waals surface area contributed by atoms with Crippen LogP contribution in [0.5, 0.6) is 0 Å². The molecule has 2 rings (SSSR count). The van der Waals surface area contributed by atoms with Crippen molar-refractivity contribution in [3.8, 4) is 0 Å². The van der Waals surface area contributed by atoms with Gasteiger partial charge in [0, 0.05) is 33.0 Å². The topological polar surface area (TPSA) is 67.8 Å². The molecular weight excluding hydrogens is 280 g/mol. The molecule has 1 aromatic heterocycles. The quantitative estimate of drug-likeness (QED) is 0.451. The Morgan fingerprint density at radius 3 is 3.14 bits per heavy atom. The summed E-state index contributed by atoms with van der Waals surface area (Å²) in [5, 5.41) is 6.56. The van der Waals surface area contributed by atoms with Gasteiger partial charge in [-0.2, -0.15) is 0 Å². The number of hydrogen-bond donors (Lipinski definition) is 2. The van der Waals surface area contributed by atoms with Gasteiger partial charge in [-0.3, -0.25) is 9.98 Å². The molecule has 6 nitrogen and oxygen atoms in total. The van der Waals surface area contributed by atoms with E-state index >= 15 is 0 Å². The lowest BCUT2D eigenvalue weighted by molar-refractivity contribution is 0.0420. The Hall–Kier alpha value is -1.66. The highest BCUT2D eigenvalue weighted by Gasteiger charge is 2.15. The molecule has 1 aromatic rings. The fourth-order valence-electron chi connectivity index (χ4n) is 2.26. The summed E-state index contributed by atoms with van der Waals surface area (Å²) < 4.78 is 11.0. The van der Waals surface area contributed by atoms with Crippen LogP contribution in [0.25, 0.3) is 0 Å². The van der Waals surface area contributed by atoms with Crippen molar-refractivity contribution in [1.29, 1.82) is 0 Å². The maximum Gasteiger partial charge on any atom is 0.191 e. The molecule has 1 fully saturated rings. The lowest BCUT2D eigenvalue weighted by atomic mass is 10.2. The van der Waals surface area contributed by atoms with Crippen LogP contribution in [-0.4, -0.2) is 50.5 Å². The predicted molar refractivity (Wildman–Crippen MR) is 87.0 cm³/mol. The van der Waals surface area contributed by atoms with Crippen molar-refractivity contribution in [2.45, 2.75) is 32.4 Å². The first kappa shape index (κ1) is 16.7. The number of aliphatic imine (C=N–C) groups is 1. The summed E-state index contributed by atoms with van der Waals surface area (Å²) >= 11 is 0. The number of aryl methyl sites for hydroxylation is 1. The maximum absolute atomic E-state index is 5.73. The van der Waals surface area contributed by atoms with Crippen molar-refractivity contribution >= 4 is 5.96 Å². The van der Waals surface area contributed by atoms with Gasteiger partial charge in [-0.1, -0.05) is 6.07 Å². The van der Waals surface area contributed by atoms with Gasteiger partial charge in [0.05, 0.1) is 24.9 Å². The van der Waals surface area contributed by atoms with Crippen LogP contribution in [0.15, 0.2) is 23.3 Å². The third-order valence-electron chi connectivity index (χ3n) is 3.62. The molecule has 0 aliphatic carbocycles. The Balaban J connectivity index is 1.60. The summed E-state index contributed by atoms with van der Waals surface area (Å²) in [6.07, 6.45) is 4.05. The maximum atomic E-state index is 5.73. The van der Waals surface area contributed by atoms with Crippen LogP contribution < -0.4 is 10.6 Å². The van der Waals surface area contributed by atoms with Crippen LogP contribution in [0.2, 0.25) is 0 Å².